The normalized spacial score (nSPS) is 11.0. The van der Waals surface area contributed by atoms with E-state index in [2.05, 4.69) is 10.5 Å². The fourth-order valence-electron chi connectivity index (χ4n) is 1.06. The van der Waals surface area contributed by atoms with E-state index in [-0.39, 0.29) is 23.6 Å². The number of hydrazone groups is 1. The Balaban J connectivity index is 0.00000256. The minimum absolute atomic E-state index is 0. The SMILES string of the molecule is CC(C)(C)N/N=C/c1ccccc1[N+](=O)[O-].Cl. The summed E-state index contributed by atoms with van der Waals surface area (Å²) >= 11 is 0. The van der Waals surface area contributed by atoms with Gasteiger partial charge in [-0.1, -0.05) is 12.1 Å². The number of nitro benzene ring substituents is 1. The topological polar surface area (TPSA) is 67.5 Å². The van der Waals surface area contributed by atoms with Gasteiger partial charge in [-0.2, -0.15) is 5.10 Å². The van der Waals surface area contributed by atoms with Gasteiger partial charge in [-0.05, 0) is 26.8 Å². The lowest BCUT2D eigenvalue weighted by molar-refractivity contribution is -0.385. The van der Waals surface area contributed by atoms with Gasteiger partial charge in [0.05, 0.1) is 16.7 Å². The third-order valence-electron chi connectivity index (χ3n) is 1.74. The molecule has 0 radical (unpaired) electrons. The zero-order chi connectivity index (χ0) is 12.2. The summed E-state index contributed by atoms with van der Waals surface area (Å²) in [6, 6.07) is 6.49. The van der Waals surface area contributed by atoms with Crippen molar-refractivity contribution in [3.8, 4) is 0 Å². The molecule has 0 saturated heterocycles. The largest absolute Gasteiger partial charge is 0.305 e. The molecular formula is C11H16ClN3O2. The zero-order valence-corrected chi connectivity index (χ0v) is 10.8. The van der Waals surface area contributed by atoms with E-state index >= 15 is 0 Å². The van der Waals surface area contributed by atoms with Crippen LogP contribution in [0.4, 0.5) is 5.69 Å². The Hall–Kier alpha value is -1.62. The third-order valence-corrected chi connectivity index (χ3v) is 1.74. The molecule has 17 heavy (non-hydrogen) atoms. The van der Waals surface area contributed by atoms with Gasteiger partial charge < -0.3 is 5.43 Å². The van der Waals surface area contributed by atoms with E-state index in [1.807, 2.05) is 20.8 Å². The van der Waals surface area contributed by atoms with Crippen LogP contribution in [0.2, 0.25) is 0 Å². The van der Waals surface area contributed by atoms with E-state index in [1.165, 1.54) is 12.3 Å². The van der Waals surface area contributed by atoms with E-state index in [9.17, 15) is 10.1 Å². The van der Waals surface area contributed by atoms with Crippen molar-refractivity contribution < 1.29 is 4.92 Å². The Morgan fingerprint density at radius 1 is 1.35 bits per heavy atom. The second-order valence-corrected chi connectivity index (χ2v) is 4.44. The summed E-state index contributed by atoms with van der Waals surface area (Å²) in [4.78, 5) is 10.3. The second-order valence-electron chi connectivity index (χ2n) is 4.44. The van der Waals surface area contributed by atoms with Crippen LogP contribution in [0.1, 0.15) is 26.3 Å². The van der Waals surface area contributed by atoms with Crippen molar-refractivity contribution in [3.05, 3.63) is 39.9 Å². The van der Waals surface area contributed by atoms with Crippen molar-refractivity contribution in [3.63, 3.8) is 0 Å². The number of nitro groups is 1. The van der Waals surface area contributed by atoms with Crippen molar-refractivity contribution >= 4 is 24.3 Å². The standard InChI is InChI=1S/C11H15N3O2.ClH/c1-11(2,3)13-12-8-9-6-4-5-7-10(9)14(15)16;/h4-8,13H,1-3H3;1H/b12-8+;. The zero-order valence-electron chi connectivity index (χ0n) is 10.0. The predicted molar refractivity (Wildman–Crippen MR) is 70.8 cm³/mol. The number of rotatable bonds is 3. The summed E-state index contributed by atoms with van der Waals surface area (Å²) in [7, 11) is 0. The van der Waals surface area contributed by atoms with Gasteiger partial charge in [0.25, 0.3) is 5.69 Å². The van der Waals surface area contributed by atoms with Crippen LogP contribution in [0.25, 0.3) is 0 Å². The molecule has 1 rings (SSSR count). The molecule has 1 N–H and O–H groups in total. The van der Waals surface area contributed by atoms with Crippen LogP contribution in [0, 0.1) is 10.1 Å². The van der Waals surface area contributed by atoms with Crippen LogP contribution in [0.5, 0.6) is 0 Å². The highest BCUT2D eigenvalue weighted by Crippen LogP contribution is 2.15. The van der Waals surface area contributed by atoms with Crippen LogP contribution < -0.4 is 5.43 Å². The summed E-state index contributed by atoms with van der Waals surface area (Å²) in [6.07, 6.45) is 1.46. The summed E-state index contributed by atoms with van der Waals surface area (Å²) in [5.74, 6) is 0. The molecule has 0 aromatic heterocycles. The van der Waals surface area contributed by atoms with Gasteiger partial charge in [0.15, 0.2) is 0 Å². The van der Waals surface area contributed by atoms with Crippen molar-refractivity contribution in [2.45, 2.75) is 26.3 Å². The van der Waals surface area contributed by atoms with Crippen molar-refractivity contribution in [2.24, 2.45) is 5.10 Å². The Morgan fingerprint density at radius 2 is 1.94 bits per heavy atom. The van der Waals surface area contributed by atoms with Gasteiger partial charge in [-0.25, -0.2) is 0 Å². The molecule has 6 heteroatoms. The maximum Gasteiger partial charge on any atom is 0.278 e. The highest BCUT2D eigenvalue weighted by molar-refractivity contribution is 5.85. The quantitative estimate of drug-likeness (QED) is 0.514. The van der Waals surface area contributed by atoms with Gasteiger partial charge in [0.2, 0.25) is 0 Å². The third kappa shape index (κ3) is 5.31. The average molecular weight is 258 g/mol. The van der Waals surface area contributed by atoms with Crippen LogP contribution in [0.3, 0.4) is 0 Å². The first-order valence-corrected chi connectivity index (χ1v) is 4.94. The molecule has 1 aromatic rings. The highest BCUT2D eigenvalue weighted by atomic mass is 35.5. The number of para-hydroxylation sites is 1. The fraction of sp³-hybridized carbons (Fsp3) is 0.364. The summed E-state index contributed by atoms with van der Waals surface area (Å²) in [5, 5.41) is 14.7. The first kappa shape index (κ1) is 15.4. The molecule has 0 bridgehead atoms. The van der Waals surface area contributed by atoms with Crippen molar-refractivity contribution in [2.75, 3.05) is 0 Å². The molecule has 0 amide bonds. The highest BCUT2D eigenvalue weighted by Gasteiger charge is 2.10. The molecule has 94 valence electrons. The number of benzene rings is 1. The maximum atomic E-state index is 10.7. The molecule has 0 aliphatic heterocycles. The number of halogens is 1. The Bertz CT molecular complexity index is 413. The Kier molecular flexibility index (Phi) is 5.61. The van der Waals surface area contributed by atoms with Crippen LogP contribution in [0.15, 0.2) is 29.4 Å². The predicted octanol–water partition coefficient (Wildman–Crippen LogP) is 2.74. The lowest BCUT2D eigenvalue weighted by Crippen LogP contribution is -2.31. The lowest BCUT2D eigenvalue weighted by atomic mass is 10.1. The van der Waals surface area contributed by atoms with Crippen LogP contribution >= 0.6 is 12.4 Å². The molecule has 0 atom stereocenters. The van der Waals surface area contributed by atoms with E-state index < -0.39 is 4.92 Å². The molecule has 0 fully saturated rings. The lowest BCUT2D eigenvalue weighted by Gasteiger charge is -2.16. The van der Waals surface area contributed by atoms with Crippen molar-refractivity contribution in [1.82, 2.24) is 5.43 Å². The monoisotopic (exact) mass is 257 g/mol. The molecular weight excluding hydrogens is 242 g/mol. The molecule has 0 aliphatic rings. The number of hydrogen-bond donors (Lipinski definition) is 1. The summed E-state index contributed by atoms with van der Waals surface area (Å²) < 4.78 is 0. The number of hydrogen-bond acceptors (Lipinski definition) is 4. The van der Waals surface area contributed by atoms with Gasteiger partial charge in [-0.3, -0.25) is 10.1 Å². The second kappa shape index (κ2) is 6.20. The van der Waals surface area contributed by atoms with E-state index in [0.717, 1.165) is 0 Å². The summed E-state index contributed by atoms with van der Waals surface area (Å²) in [6.45, 7) is 5.89. The first-order chi connectivity index (χ1) is 7.40. The molecule has 0 spiro atoms. The van der Waals surface area contributed by atoms with Gasteiger partial charge in [0.1, 0.15) is 0 Å². The van der Waals surface area contributed by atoms with Crippen LogP contribution in [-0.4, -0.2) is 16.7 Å². The molecule has 5 nitrogen and oxygen atoms in total. The van der Waals surface area contributed by atoms with Gasteiger partial charge >= 0.3 is 0 Å². The van der Waals surface area contributed by atoms with Gasteiger partial charge in [-0.15, -0.1) is 12.4 Å². The molecule has 0 unspecified atom stereocenters. The first-order valence-electron chi connectivity index (χ1n) is 4.94. The summed E-state index contributed by atoms with van der Waals surface area (Å²) in [5.41, 5.74) is 3.28. The maximum absolute atomic E-state index is 10.7. The minimum Gasteiger partial charge on any atom is -0.305 e. The average Bonchev–Trinajstić information content (AvgIpc) is 2.16. The van der Waals surface area contributed by atoms with Gasteiger partial charge in [0, 0.05) is 11.6 Å². The Labute approximate surface area is 106 Å². The Morgan fingerprint density at radius 3 is 2.47 bits per heavy atom. The van der Waals surface area contributed by atoms with Crippen LogP contribution in [-0.2, 0) is 0 Å². The van der Waals surface area contributed by atoms with E-state index in [0.29, 0.717) is 5.56 Å². The molecule has 1 aromatic carbocycles. The number of nitrogens with zero attached hydrogens (tertiary/aromatic N) is 2. The van der Waals surface area contributed by atoms with E-state index in [4.69, 9.17) is 0 Å². The molecule has 0 aliphatic carbocycles. The molecule has 0 saturated carbocycles. The smallest absolute Gasteiger partial charge is 0.278 e. The minimum atomic E-state index is -0.418. The number of nitrogens with one attached hydrogen (secondary N) is 1. The van der Waals surface area contributed by atoms with Crippen molar-refractivity contribution in [1.29, 1.82) is 0 Å². The molecule has 0 heterocycles. The fourth-order valence-corrected chi connectivity index (χ4v) is 1.06. The van der Waals surface area contributed by atoms with E-state index in [1.54, 1.807) is 18.2 Å².